The molecule has 0 atom stereocenters. The van der Waals surface area contributed by atoms with Gasteiger partial charge in [-0.15, -0.1) is 10.2 Å². The van der Waals surface area contributed by atoms with E-state index in [1.165, 1.54) is 0 Å². The first-order valence-corrected chi connectivity index (χ1v) is 10.7. The number of sulfonamides is 1. The zero-order valence-corrected chi connectivity index (χ0v) is 16.5. The van der Waals surface area contributed by atoms with E-state index in [1.54, 1.807) is 12.1 Å². The van der Waals surface area contributed by atoms with Crippen molar-refractivity contribution < 1.29 is 8.42 Å². The summed E-state index contributed by atoms with van der Waals surface area (Å²) in [5, 5.41) is 9.39. The fraction of sp³-hybridized carbons (Fsp3) is 0.333. The quantitative estimate of drug-likeness (QED) is 0.691. The molecule has 0 saturated carbocycles. The van der Waals surface area contributed by atoms with Gasteiger partial charge in [-0.2, -0.15) is 0 Å². The number of hydrogen-bond acceptors (Lipinski definition) is 4. The van der Waals surface area contributed by atoms with E-state index < -0.39 is 10.0 Å². The van der Waals surface area contributed by atoms with Crippen LogP contribution in [0.3, 0.4) is 0 Å². The summed E-state index contributed by atoms with van der Waals surface area (Å²) in [6.45, 7) is 4.22. The summed E-state index contributed by atoms with van der Waals surface area (Å²) in [5.41, 5.74) is 1.63. The van der Waals surface area contributed by atoms with Crippen molar-refractivity contribution in [2.24, 2.45) is 0 Å². The van der Waals surface area contributed by atoms with E-state index in [0.29, 0.717) is 16.4 Å². The maximum absolute atomic E-state index is 11.6. The molecule has 0 amide bonds. The van der Waals surface area contributed by atoms with Gasteiger partial charge in [0.25, 0.3) is 0 Å². The number of fused-ring (bicyclic) bond motifs is 1. The molecular weight excluding hydrogens is 372 g/mol. The molecule has 0 saturated heterocycles. The van der Waals surface area contributed by atoms with E-state index in [9.17, 15) is 8.42 Å². The molecule has 1 aromatic carbocycles. The number of aromatic nitrogens is 3. The van der Waals surface area contributed by atoms with E-state index in [1.807, 2.05) is 34.9 Å². The van der Waals surface area contributed by atoms with Gasteiger partial charge in [0.1, 0.15) is 5.82 Å². The van der Waals surface area contributed by atoms with E-state index in [-0.39, 0.29) is 5.41 Å². The molecule has 0 aliphatic carbocycles. The van der Waals surface area contributed by atoms with Crippen LogP contribution in [0, 0.1) is 0 Å². The minimum atomic E-state index is -3.41. The Bertz CT molecular complexity index is 1030. The van der Waals surface area contributed by atoms with Crippen LogP contribution in [0.1, 0.15) is 38.1 Å². The molecule has 3 rings (SSSR count). The summed E-state index contributed by atoms with van der Waals surface area (Å²) in [6.07, 6.45) is 4.60. The summed E-state index contributed by atoms with van der Waals surface area (Å²) in [6, 6.07) is 11.2. The normalized spacial score (nSPS) is 12.5. The van der Waals surface area contributed by atoms with Gasteiger partial charge < -0.3 is 0 Å². The Balaban J connectivity index is 2.22. The van der Waals surface area contributed by atoms with E-state index in [4.69, 9.17) is 11.6 Å². The lowest BCUT2D eigenvalue weighted by Gasteiger charge is -2.30. The van der Waals surface area contributed by atoms with Crippen molar-refractivity contribution >= 4 is 33.0 Å². The van der Waals surface area contributed by atoms with Crippen LogP contribution in [0.25, 0.3) is 5.65 Å². The second-order valence-electron chi connectivity index (χ2n) is 6.31. The first-order chi connectivity index (χ1) is 12.3. The second kappa shape index (κ2) is 6.89. The standard InChI is InChI=1S/C18H21ClN4O2S/c1-4-18(5-2,13-8-10-14(19)11-9-13)17-21-20-16-15(22-26(3,24)25)7-6-12-23(16)17/h6-12,22H,4-5H2,1-3H3. The highest BCUT2D eigenvalue weighted by molar-refractivity contribution is 7.92. The zero-order valence-electron chi connectivity index (χ0n) is 14.9. The van der Waals surface area contributed by atoms with Gasteiger partial charge in [-0.3, -0.25) is 9.12 Å². The Hall–Kier alpha value is -2.12. The molecule has 2 aromatic heterocycles. The largest absolute Gasteiger partial charge is 0.284 e. The van der Waals surface area contributed by atoms with Crippen LogP contribution in [0.5, 0.6) is 0 Å². The zero-order chi connectivity index (χ0) is 18.9. The van der Waals surface area contributed by atoms with Gasteiger partial charge in [0.05, 0.1) is 17.4 Å². The molecule has 1 N–H and O–H groups in total. The number of pyridine rings is 1. The highest BCUT2D eigenvalue weighted by atomic mass is 35.5. The molecule has 0 aliphatic rings. The number of benzene rings is 1. The minimum absolute atomic E-state index is 0.353. The number of halogens is 1. The molecule has 0 spiro atoms. The van der Waals surface area contributed by atoms with Crippen LogP contribution in [-0.2, 0) is 15.4 Å². The number of nitrogens with zero attached hydrogens (tertiary/aromatic N) is 3. The fourth-order valence-corrected chi connectivity index (χ4v) is 4.08. The van der Waals surface area contributed by atoms with Gasteiger partial charge in [-0.05, 0) is 42.7 Å². The summed E-state index contributed by atoms with van der Waals surface area (Å²) < 4.78 is 27.6. The van der Waals surface area contributed by atoms with Crippen LogP contribution < -0.4 is 4.72 Å². The first-order valence-electron chi connectivity index (χ1n) is 8.39. The van der Waals surface area contributed by atoms with E-state index in [0.717, 1.165) is 30.5 Å². The molecule has 0 unspecified atom stereocenters. The number of anilines is 1. The van der Waals surface area contributed by atoms with Gasteiger partial charge in [0.2, 0.25) is 10.0 Å². The van der Waals surface area contributed by atoms with Gasteiger partial charge >= 0.3 is 0 Å². The Morgan fingerprint density at radius 1 is 1.12 bits per heavy atom. The molecule has 3 aromatic rings. The third kappa shape index (κ3) is 3.29. The monoisotopic (exact) mass is 392 g/mol. The summed E-state index contributed by atoms with van der Waals surface area (Å²) >= 11 is 6.05. The lowest BCUT2D eigenvalue weighted by atomic mass is 9.75. The number of rotatable bonds is 6. The van der Waals surface area contributed by atoms with Crippen molar-refractivity contribution in [2.45, 2.75) is 32.1 Å². The van der Waals surface area contributed by atoms with Crippen molar-refractivity contribution in [3.05, 3.63) is 59.0 Å². The van der Waals surface area contributed by atoms with Crippen LogP contribution in [0.15, 0.2) is 42.6 Å². The van der Waals surface area contributed by atoms with Crippen molar-refractivity contribution in [3.8, 4) is 0 Å². The number of hydrogen-bond donors (Lipinski definition) is 1. The second-order valence-corrected chi connectivity index (χ2v) is 8.49. The summed E-state index contributed by atoms with van der Waals surface area (Å²) in [4.78, 5) is 0. The van der Waals surface area contributed by atoms with Crippen molar-refractivity contribution in [1.29, 1.82) is 0 Å². The van der Waals surface area contributed by atoms with Crippen LogP contribution in [0.4, 0.5) is 5.69 Å². The van der Waals surface area contributed by atoms with Gasteiger partial charge in [0, 0.05) is 11.2 Å². The Kier molecular flexibility index (Phi) is 4.94. The lowest BCUT2D eigenvalue weighted by molar-refractivity contribution is 0.445. The van der Waals surface area contributed by atoms with Gasteiger partial charge in [0.15, 0.2) is 5.65 Å². The maximum Gasteiger partial charge on any atom is 0.229 e. The van der Waals surface area contributed by atoms with Crippen molar-refractivity contribution in [2.75, 3.05) is 11.0 Å². The Morgan fingerprint density at radius 3 is 2.35 bits per heavy atom. The summed E-state index contributed by atoms with van der Waals surface area (Å²) in [5.74, 6) is 0.775. The minimum Gasteiger partial charge on any atom is -0.284 e. The van der Waals surface area contributed by atoms with Crippen LogP contribution >= 0.6 is 11.6 Å². The summed E-state index contributed by atoms with van der Waals surface area (Å²) in [7, 11) is -3.41. The third-order valence-electron chi connectivity index (χ3n) is 4.76. The predicted molar refractivity (Wildman–Crippen MR) is 104 cm³/mol. The van der Waals surface area contributed by atoms with Gasteiger partial charge in [-0.25, -0.2) is 8.42 Å². The van der Waals surface area contributed by atoms with Crippen LogP contribution in [-0.4, -0.2) is 29.3 Å². The van der Waals surface area contributed by atoms with E-state index >= 15 is 0 Å². The smallest absolute Gasteiger partial charge is 0.229 e. The SMILES string of the molecule is CCC(CC)(c1ccc(Cl)cc1)c1nnc2c(NS(C)(=O)=O)cccn12. The highest BCUT2D eigenvalue weighted by Crippen LogP contribution is 2.38. The molecule has 0 bridgehead atoms. The molecule has 2 heterocycles. The molecule has 0 fully saturated rings. The predicted octanol–water partition coefficient (Wildman–Crippen LogP) is 3.86. The molecule has 0 aliphatic heterocycles. The third-order valence-corrected chi connectivity index (χ3v) is 5.60. The lowest BCUT2D eigenvalue weighted by Crippen LogP contribution is -2.29. The maximum atomic E-state index is 11.6. The molecule has 138 valence electrons. The number of nitrogens with one attached hydrogen (secondary N) is 1. The molecule has 6 nitrogen and oxygen atoms in total. The average molecular weight is 393 g/mol. The van der Waals surface area contributed by atoms with Crippen molar-refractivity contribution in [1.82, 2.24) is 14.6 Å². The van der Waals surface area contributed by atoms with Gasteiger partial charge in [-0.1, -0.05) is 37.6 Å². The van der Waals surface area contributed by atoms with Crippen molar-refractivity contribution in [3.63, 3.8) is 0 Å². The van der Waals surface area contributed by atoms with E-state index in [2.05, 4.69) is 28.8 Å². The van der Waals surface area contributed by atoms with Crippen LogP contribution in [0.2, 0.25) is 5.02 Å². The molecule has 8 heteroatoms. The average Bonchev–Trinajstić information content (AvgIpc) is 3.03. The fourth-order valence-electron chi connectivity index (χ4n) is 3.39. The molecular formula is C18H21ClN4O2S. The Labute approximate surface area is 158 Å². The molecule has 26 heavy (non-hydrogen) atoms. The topological polar surface area (TPSA) is 76.4 Å². The Morgan fingerprint density at radius 2 is 1.77 bits per heavy atom. The highest BCUT2D eigenvalue weighted by Gasteiger charge is 2.35. The first kappa shape index (κ1) is 18.7. The molecule has 0 radical (unpaired) electrons.